The van der Waals surface area contributed by atoms with Gasteiger partial charge in [-0.3, -0.25) is 9.69 Å². The van der Waals surface area contributed by atoms with Gasteiger partial charge in [-0.2, -0.15) is 0 Å². The number of carbonyl (C=O) groups is 2. The van der Waals surface area contributed by atoms with Crippen LogP contribution in [0.25, 0.3) is 0 Å². The summed E-state index contributed by atoms with van der Waals surface area (Å²) in [6.07, 6.45) is 8.51. The summed E-state index contributed by atoms with van der Waals surface area (Å²) in [6, 6.07) is 0.305. The Morgan fingerprint density at radius 3 is 2.86 bits per heavy atom. The molecule has 4 heteroatoms. The van der Waals surface area contributed by atoms with Crippen LogP contribution in [0.4, 0.5) is 0 Å². The Labute approximate surface area is 127 Å². The van der Waals surface area contributed by atoms with Crippen molar-refractivity contribution in [2.45, 2.75) is 51.5 Å². The van der Waals surface area contributed by atoms with Gasteiger partial charge in [0, 0.05) is 18.5 Å². The second-order valence-corrected chi connectivity index (χ2v) is 7.47. The number of hydrogen-bond acceptors (Lipinski definition) is 3. The minimum Gasteiger partial charge on any atom is -0.352 e. The standard InChI is InChI=1S/C17H28N2O2/c1-12(16-8-13-4-5-15(16)7-13)18-17(21)10-19-6-2-3-14(9-19)11-20/h11-16H,2-10H2,1H3,(H,18,21). The molecule has 3 aliphatic rings. The van der Waals surface area contributed by atoms with E-state index in [0.717, 1.165) is 44.1 Å². The Hall–Kier alpha value is -0.900. The molecule has 2 saturated carbocycles. The normalized spacial score (nSPS) is 37.4. The van der Waals surface area contributed by atoms with Crippen molar-refractivity contribution in [3.05, 3.63) is 0 Å². The molecule has 1 aliphatic heterocycles. The second-order valence-electron chi connectivity index (χ2n) is 7.47. The van der Waals surface area contributed by atoms with Gasteiger partial charge in [0.2, 0.25) is 5.91 Å². The molecule has 21 heavy (non-hydrogen) atoms. The Morgan fingerprint density at radius 2 is 2.19 bits per heavy atom. The lowest BCUT2D eigenvalue weighted by Crippen LogP contribution is -2.47. The molecule has 1 saturated heterocycles. The lowest BCUT2D eigenvalue weighted by Gasteiger charge is -2.32. The maximum Gasteiger partial charge on any atom is 0.234 e. The summed E-state index contributed by atoms with van der Waals surface area (Å²) >= 11 is 0. The molecule has 1 N–H and O–H groups in total. The van der Waals surface area contributed by atoms with E-state index in [1.165, 1.54) is 25.7 Å². The fraction of sp³-hybridized carbons (Fsp3) is 0.882. The van der Waals surface area contributed by atoms with Crippen molar-refractivity contribution in [1.29, 1.82) is 0 Å². The highest BCUT2D eigenvalue weighted by molar-refractivity contribution is 5.78. The van der Waals surface area contributed by atoms with Gasteiger partial charge in [0.1, 0.15) is 6.29 Å². The SMILES string of the molecule is CC(NC(=O)CN1CCCC(C=O)C1)C1CC2CCC1C2. The molecule has 3 fully saturated rings. The number of nitrogens with zero attached hydrogens (tertiary/aromatic N) is 1. The van der Waals surface area contributed by atoms with E-state index in [2.05, 4.69) is 17.1 Å². The highest BCUT2D eigenvalue weighted by atomic mass is 16.2. The third kappa shape index (κ3) is 3.47. The van der Waals surface area contributed by atoms with Gasteiger partial charge in [-0.15, -0.1) is 0 Å². The number of aldehydes is 1. The summed E-state index contributed by atoms with van der Waals surface area (Å²) in [7, 11) is 0. The highest BCUT2D eigenvalue weighted by Crippen LogP contribution is 2.49. The smallest absolute Gasteiger partial charge is 0.234 e. The number of hydrogen-bond donors (Lipinski definition) is 1. The number of piperidine rings is 1. The van der Waals surface area contributed by atoms with Crippen molar-refractivity contribution < 1.29 is 9.59 Å². The van der Waals surface area contributed by atoms with Gasteiger partial charge >= 0.3 is 0 Å². The first kappa shape index (κ1) is 15.0. The predicted octanol–water partition coefficient (Wildman–Crippen LogP) is 1.84. The van der Waals surface area contributed by atoms with Gasteiger partial charge in [0.05, 0.1) is 6.54 Å². The van der Waals surface area contributed by atoms with Gasteiger partial charge in [-0.25, -0.2) is 0 Å². The van der Waals surface area contributed by atoms with Crippen LogP contribution in [0.5, 0.6) is 0 Å². The molecule has 5 atom stereocenters. The third-order valence-corrected chi connectivity index (χ3v) is 5.93. The van der Waals surface area contributed by atoms with E-state index < -0.39 is 0 Å². The van der Waals surface area contributed by atoms with Crippen LogP contribution in [0.1, 0.15) is 45.4 Å². The Morgan fingerprint density at radius 1 is 1.33 bits per heavy atom. The molecule has 0 aromatic carbocycles. The largest absolute Gasteiger partial charge is 0.352 e. The van der Waals surface area contributed by atoms with Crippen molar-refractivity contribution in [2.24, 2.45) is 23.7 Å². The van der Waals surface area contributed by atoms with Crippen LogP contribution in [0.15, 0.2) is 0 Å². The molecule has 0 spiro atoms. The van der Waals surface area contributed by atoms with Crippen LogP contribution < -0.4 is 5.32 Å². The number of nitrogens with one attached hydrogen (secondary N) is 1. The van der Waals surface area contributed by atoms with Crippen LogP contribution in [0, 0.1) is 23.7 Å². The van der Waals surface area contributed by atoms with E-state index in [1.807, 2.05) is 0 Å². The Bertz CT molecular complexity index is 398. The highest BCUT2D eigenvalue weighted by Gasteiger charge is 2.42. The molecular formula is C17H28N2O2. The van der Waals surface area contributed by atoms with E-state index in [9.17, 15) is 9.59 Å². The molecule has 1 heterocycles. The first-order valence-electron chi connectivity index (χ1n) is 8.62. The zero-order chi connectivity index (χ0) is 14.8. The van der Waals surface area contributed by atoms with Crippen LogP contribution in [0.3, 0.4) is 0 Å². The molecule has 5 unspecified atom stereocenters. The summed E-state index contributed by atoms with van der Waals surface area (Å²) in [5, 5.41) is 3.22. The molecule has 3 rings (SSSR count). The van der Waals surface area contributed by atoms with Crippen molar-refractivity contribution >= 4 is 12.2 Å². The quantitative estimate of drug-likeness (QED) is 0.787. The minimum atomic E-state index is 0.120. The van der Waals surface area contributed by atoms with Gasteiger partial charge in [0.25, 0.3) is 0 Å². The fourth-order valence-corrected chi connectivity index (χ4v) is 4.86. The lowest BCUT2D eigenvalue weighted by molar-refractivity contribution is -0.124. The molecule has 2 aliphatic carbocycles. The van der Waals surface area contributed by atoms with E-state index in [-0.39, 0.29) is 11.8 Å². The van der Waals surface area contributed by atoms with Crippen molar-refractivity contribution in [2.75, 3.05) is 19.6 Å². The minimum absolute atomic E-state index is 0.120. The molecule has 0 aromatic heterocycles. The molecular weight excluding hydrogens is 264 g/mol. The summed E-state index contributed by atoms with van der Waals surface area (Å²) in [4.78, 5) is 25.3. The monoisotopic (exact) mass is 292 g/mol. The number of likely N-dealkylation sites (tertiary alicyclic amines) is 1. The van der Waals surface area contributed by atoms with Crippen LogP contribution in [-0.2, 0) is 9.59 Å². The van der Waals surface area contributed by atoms with Gasteiger partial charge in [0.15, 0.2) is 0 Å². The molecule has 0 aromatic rings. The average molecular weight is 292 g/mol. The van der Waals surface area contributed by atoms with Crippen molar-refractivity contribution in [3.63, 3.8) is 0 Å². The number of carbonyl (C=O) groups excluding carboxylic acids is 2. The summed E-state index contributed by atoms with van der Waals surface area (Å²) in [5.41, 5.74) is 0. The summed E-state index contributed by atoms with van der Waals surface area (Å²) in [5.74, 6) is 2.72. The van der Waals surface area contributed by atoms with Gasteiger partial charge in [-0.1, -0.05) is 6.42 Å². The summed E-state index contributed by atoms with van der Waals surface area (Å²) in [6.45, 7) is 4.32. The zero-order valence-electron chi connectivity index (χ0n) is 13.1. The zero-order valence-corrected chi connectivity index (χ0v) is 13.1. The van der Waals surface area contributed by atoms with E-state index >= 15 is 0 Å². The topological polar surface area (TPSA) is 49.4 Å². The summed E-state index contributed by atoms with van der Waals surface area (Å²) < 4.78 is 0. The first-order chi connectivity index (χ1) is 10.2. The predicted molar refractivity (Wildman–Crippen MR) is 81.8 cm³/mol. The average Bonchev–Trinajstić information content (AvgIpc) is 3.10. The number of fused-ring (bicyclic) bond motifs is 2. The van der Waals surface area contributed by atoms with Gasteiger partial charge < -0.3 is 10.1 Å². The lowest BCUT2D eigenvalue weighted by atomic mass is 9.84. The van der Waals surface area contributed by atoms with Crippen molar-refractivity contribution in [3.8, 4) is 0 Å². The van der Waals surface area contributed by atoms with E-state index in [1.54, 1.807) is 0 Å². The maximum absolute atomic E-state index is 12.2. The van der Waals surface area contributed by atoms with Crippen LogP contribution in [-0.4, -0.2) is 42.8 Å². The molecule has 118 valence electrons. The molecule has 1 amide bonds. The van der Waals surface area contributed by atoms with E-state index in [4.69, 9.17) is 0 Å². The van der Waals surface area contributed by atoms with Gasteiger partial charge in [-0.05, 0) is 63.3 Å². The van der Waals surface area contributed by atoms with Crippen LogP contribution in [0.2, 0.25) is 0 Å². The number of rotatable bonds is 5. The molecule has 0 radical (unpaired) electrons. The maximum atomic E-state index is 12.2. The first-order valence-corrected chi connectivity index (χ1v) is 8.62. The Kier molecular flexibility index (Phi) is 4.63. The number of amides is 1. The van der Waals surface area contributed by atoms with Crippen LogP contribution >= 0.6 is 0 Å². The fourth-order valence-electron chi connectivity index (χ4n) is 4.86. The third-order valence-electron chi connectivity index (χ3n) is 5.93. The second kappa shape index (κ2) is 6.47. The Balaban J connectivity index is 1.44. The van der Waals surface area contributed by atoms with E-state index in [0.29, 0.717) is 18.5 Å². The van der Waals surface area contributed by atoms with Crippen molar-refractivity contribution in [1.82, 2.24) is 10.2 Å². The molecule has 4 nitrogen and oxygen atoms in total. The molecule has 2 bridgehead atoms.